The Morgan fingerprint density at radius 3 is 2.33 bits per heavy atom. The Morgan fingerprint density at radius 2 is 1.70 bits per heavy atom. The minimum atomic E-state index is -2.77. The smallest absolute Gasteiger partial charge is 0.280 e. The Bertz CT molecular complexity index is 1230. The Balaban J connectivity index is 1.83. The monoisotopic (exact) mass is 406 g/mol. The number of nitrogens with zero attached hydrogens (tertiary/aromatic N) is 3. The number of benzene rings is 2. The van der Waals surface area contributed by atoms with Gasteiger partial charge in [-0.15, -0.1) is 0 Å². The third-order valence-corrected chi connectivity index (χ3v) is 5.03. The van der Waals surface area contributed by atoms with Crippen LogP contribution in [0.15, 0.2) is 54.7 Å². The summed E-state index contributed by atoms with van der Waals surface area (Å²) in [7, 11) is 0. The van der Waals surface area contributed by atoms with Crippen LogP contribution in [0.3, 0.4) is 0 Å². The van der Waals surface area contributed by atoms with Crippen LogP contribution < -0.4 is 5.32 Å². The van der Waals surface area contributed by atoms with E-state index in [1.165, 1.54) is 12.3 Å². The van der Waals surface area contributed by atoms with E-state index in [1.54, 1.807) is 0 Å². The molecule has 5 nitrogen and oxygen atoms in total. The van der Waals surface area contributed by atoms with Crippen molar-refractivity contribution in [3.05, 3.63) is 82.7 Å². The molecule has 0 spiro atoms. The molecule has 0 radical (unpaired) electrons. The number of nitrogens with one attached hydrogen (secondary N) is 1. The van der Waals surface area contributed by atoms with Crippen LogP contribution in [-0.2, 0) is 0 Å². The van der Waals surface area contributed by atoms with Gasteiger partial charge in [0.2, 0.25) is 0 Å². The second-order valence-electron chi connectivity index (χ2n) is 7.25. The first-order chi connectivity index (χ1) is 14.3. The maximum absolute atomic E-state index is 13.7. The highest BCUT2D eigenvalue weighted by molar-refractivity contribution is 6.08. The lowest BCUT2D eigenvalue weighted by Gasteiger charge is -2.11. The van der Waals surface area contributed by atoms with Gasteiger partial charge in [-0.05, 0) is 38.0 Å². The third-order valence-electron chi connectivity index (χ3n) is 5.03. The molecule has 0 saturated heterocycles. The number of carbonyl (C=O) groups is 1. The molecule has 30 heavy (non-hydrogen) atoms. The van der Waals surface area contributed by atoms with Crippen LogP contribution in [0.1, 0.15) is 39.2 Å². The lowest BCUT2D eigenvalue weighted by molar-refractivity contribution is 0.102. The highest BCUT2D eigenvalue weighted by Gasteiger charge is 2.22. The molecule has 1 N–H and O–H groups in total. The van der Waals surface area contributed by atoms with Crippen molar-refractivity contribution in [2.45, 2.75) is 27.2 Å². The van der Waals surface area contributed by atoms with Crippen molar-refractivity contribution in [3.8, 4) is 11.3 Å². The average molecular weight is 406 g/mol. The van der Waals surface area contributed by atoms with Gasteiger partial charge in [0.1, 0.15) is 11.3 Å². The van der Waals surface area contributed by atoms with E-state index in [2.05, 4.69) is 15.4 Å². The van der Waals surface area contributed by atoms with Crippen molar-refractivity contribution in [1.29, 1.82) is 0 Å². The van der Waals surface area contributed by atoms with E-state index >= 15 is 0 Å². The van der Waals surface area contributed by atoms with Crippen LogP contribution in [0, 0.1) is 20.8 Å². The summed E-state index contributed by atoms with van der Waals surface area (Å²) in [5.74, 6) is -0.448. The molecular weight excluding hydrogens is 386 g/mol. The van der Waals surface area contributed by atoms with Crippen LogP contribution in [0.4, 0.5) is 14.5 Å². The molecular formula is C23H20F2N4O. The highest BCUT2D eigenvalue weighted by Crippen LogP contribution is 2.28. The number of aromatic nitrogens is 3. The molecule has 4 rings (SSSR count). The van der Waals surface area contributed by atoms with E-state index in [9.17, 15) is 13.6 Å². The number of hydrogen-bond acceptors (Lipinski definition) is 3. The van der Waals surface area contributed by atoms with E-state index in [4.69, 9.17) is 0 Å². The summed E-state index contributed by atoms with van der Waals surface area (Å²) in [5, 5.41) is 6.88. The number of fused-ring (bicyclic) bond motifs is 1. The predicted octanol–water partition coefficient (Wildman–Crippen LogP) is 5.51. The van der Waals surface area contributed by atoms with Crippen molar-refractivity contribution < 1.29 is 13.6 Å². The molecule has 2 aromatic carbocycles. The van der Waals surface area contributed by atoms with Crippen molar-refractivity contribution in [2.24, 2.45) is 0 Å². The molecule has 0 unspecified atom stereocenters. The number of para-hydroxylation sites is 1. The van der Waals surface area contributed by atoms with Crippen molar-refractivity contribution >= 4 is 17.2 Å². The van der Waals surface area contributed by atoms with Gasteiger partial charge in [0, 0.05) is 11.3 Å². The van der Waals surface area contributed by atoms with Gasteiger partial charge in [0.15, 0.2) is 5.65 Å². The number of carbonyl (C=O) groups excluding carboxylic acids is 1. The molecule has 0 atom stereocenters. The fourth-order valence-corrected chi connectivity index (χ4v) is 3.37. The van der Waals surface area contributed by atoms with Gasteiger partial charge >= 0.3 is 0 Å². The number of rotatable bonds is 4. The lowest BCUT2D eigenvalue weighted by Crippen LogP contribution is -2.14. The van der Waals surface area contributed by atoms with E-state index < -0.39 is 12.3 Å². The molecule has 0 fully saturated rings. The summed E-state index contributed by atoms with van der Waals surface area (Å²) in [6, 6.07) is 14.4. The molecule has 0 aliphatic rings. The summed E-state index contributed by atoms with van der Waals surface area (Å²) in [5.41, 5.74) is 4.49. The van der Waals surface area contributed by atoms with Gasteiger partial charge in [-0.1, -0.05) is 48.0 Å². The number of hydrogen-bond donors (Lipinski definition) is 1. The fourth-order valence-electron chi connectivity index (χ4n) is 3.37. The number of halogens is 2. The Kier molecular flexibility index (Phi) is 5.03. The Morgan fingerprint density at radius 1 is 1.03 bits per heavy atom. The van der Waals surface area contributed by atoms with E-state index in [1.807, 2.05) is 63.2 Å². The van der Waals surface area contributed by atoms with Crippen LogP contribution in [-0.4, -0.2) is 20.5 Å². The van der Waals surface area contributed by atoms with Crippen LogP contribution >= 0.6 is 0 Å². The fraction of sp³-hybridized carbons (Fsp3) is 0.174. The largest absolute Gasteiger partial charge is 0.321 e. The SMILES string of the molecule is Cc1ccc(-c2cc(C(F)F)n3ncc(C(=O)Nc4c(C)cccc4C)c3n2)cc1. The van der Waals surface area contributed by atoms with Gasteiger partial charge < -0.3 is 5.32 Å². The highest BCUT2D eigenvalue weighted by atomic mass is 19.3. The number of anilines is 1. The lowest BCUT2D eigenvalue weighted by atomic mass is 10.1. The number of amides is 1. The third kappa shape index (κ3) is 3.54. The first-order valence-corrected chi connectivity index (χ1v) is 9.46. The molecule has 7 heteroatoms. The van der Waals surface area contributed by atoms with Gasteiger partial charge in [-0.2, -0.15) is 5.10 Å². The minimum Gasteiger partial charge on any atom is -0.321 e. The number of aryl methyl sites for hydroxylation is 3. The summed E-state index contributed by atoms with van der Waals surface area (Å²) < 4.78 is 28.5. The van der Waals surface area contributed by atoms with Crippen molar-refractivity contribution in [3.63, 3.8) is 0 Å². The first kappa shape index (κ1) is 19.7. The zero-order valence-corrected chi connectivity index (χ0v) is 16.8. The maximum Gasteiger partial charge on any atom is 0.280 e. The van der Waals surface area contributed by atoms with Gasteiger partial charge in [0.25, 0.3) is 12.3 Å². The zero-order chi connectivity index (χ0) is 21.4. The minimum absolute atomic E-state index is 0.0899. The van der Waals surface area contributed by atoms with E-state index in [0.29, 0.717) is 16.9 Å². The quantitative estimate of drug-likeness (QED) is 0.486. The molecule has 4 aromatic rings. The topological polar surface area (TPSA) is 59.3 Å². The molecule has 0 aliphatic carbocycles. The molecule has 152 valence electrons. The van der Waals surface area contributed by atoms with Crippen molar-refractivity contribution in [2.75, 3.05) is 5.32 Å². The summed E-state index contributed by atoms with van der Waals surface area (Å²) in [6.45, 7) is 5.72. The average Bonchev–Trinajstić information content (AvgIpc) is 3.14. The van der Waals surface area contributed by atoms with E-state index in [0.717, 1.165) is 21.2 Å². The summed E-state index contributed by atoms with van der Waals surface area (Å²) in [6.07, 6.45) is -1.50. The van der Waals surface area contributed by atoms with Crippen LogP contribution in [0.5, 0.6) is 0 Å². The molecule has 1 amide bonds. The van der Waals surface area contributed by atoms with Crippen LogP contribution in [0.25, 0.3) is 16.9 Å². The summed E-state index contributed by atoms with van der Waals surface area (Å²) in [4.78, 5) is 17.5. The normalized spacial score (nSPS) is 11.3. The second-order valence-corrected chi connectivity index (χ2v) is 7.25. The molecule has 0 saturated carbocycles. The Labute approximate surface area is 172 Å². The van der Waals surface area contributed by atoms with Crippen molar-refractivity contribution in [1.82, 2.24) is 14.6 Å². The van der Waals surface area contributed by atoms with E-state index in [-0.39, 0.29) is 16.9 Å². The summed E-state index contributed by atoms with van der Waals surface area (Å²) >= 11 is 0. The van der Waals surface area contributed by atoms with Gasteiger partial charge in [-0.3, -0.25) is 4.79 Å². The second kappa shape index (κ2) is 7.67. The molecule has 0 aliphatic heterocycles. The van der Waals surface area contributed by atoms with Gasteiger partial charge in [0.05, 0.1) is 11.9 Å². The molecule has 0 bridgehead atoms. The standard InChI is InChI=1S/C23H20F2N4O/c1-13-7-9-16(10-8-13)18-11-19(21(24)25)29-22(27-18)17(12-26-29)23(30)28-20-14(2)5-4-6-15(20)3/h4-12,21H,1-3H3,(H,28,30). The molecule has 2 aromatic heterocycles. The molecule has 2 heterocycles. The van der Waals surface area contributed by atoms with Crippen LogP contribution in [0.2, 0.25) is 0 Å². The zero-order valence-electron chi connectivity index (χ0n) is 16.8. The predicted molar refractivity (Wildman–Crippen MR) is 112 cm³/mol. The van der Waals surface area contributed by atoms with Gasteiger partial charge in [-0.25, -0.2) is 18.3 Å². The maximum atomic E-state index is 13.7. The number of alkyl halides is 2. The Hall–Kier alpha value is -3.61. The first-order valence-electron chi connectivity index (χ1n) is 9.46.